The van der Waals surface area contributed by atoms with Crippen LogP contribution in [0.1, 0.15) is 33.6 Å². The third-order valence-corrected chi connectivity index (χ3v) is 5.90. The van der Waals surface area contributed by atoms with Gasteiger partial charge in [0.2, 0.25) is 5.91 Å². The molecule has 192 valence electrons. The number of hydrogen-bond acceptors (Lipinski definition) is 6. The maximum absolute atomic E-state index is 12.0. The Labute approximate surface area is 208 Å². The van der Waals surface area contributed by atoms with E-state index in [1.165, 1.54) is 6.08 Å². The van der Waals surface area contributed by atoms with Gasteiger partial charge < -0.3 is 30.5 Å². The molecule has 0 aromatic rings. The maximum atomic E-state index is 12.0. The molecule has 8 atom stereocenters. The summed E-state index contributed by atoms with van der Waals surface area (Å²) in [4.78, 5) is 12.0. The predicted molar refractivity (Wildman–Crippen MR) is 137 cm³/mol. The van der Waals surface area contributed by atoms with Crippen LogP contribution in [-0.2, 0) is 9.53 Å². The van der Waals surface area contributed by atoms with E-state index in [1.54, 1.807) is 61.6 Å². The zero-order valence-corrected chi connectivity index (χ0v) is 20.6. The first-order chi connectivity index (χ1) is 16.7. The summed E-state index contributed by atoms with van der Waals surface area (Å²) in [5.74, 6) is -0.615. The lowest BCUT2D eigenvalue weighted by Gasteiger charge is -2.26. The Hall–Kier alpha value is -2.55. The number of ether oxygens (including phenoxy) is 1. The first kappa shape index (κ1) is 28.7. The van der Waals surface area contributed by atoms with Gasteiger partial charge in [-0.1, -0.05) is 85.4 Å². The van der Waals surface area contributed by atoms with Crippen molar-refractivity contribution in [1.29, 1.82) is 0 Å². The zero-order valence-electron chi connectivity index (χ0n) is 20.6. The van der Waals surface area contributed by atoms with Gasteiger partial charge in [0.05, 0.1) is 24.4 Å². The van der Waals surface area contributed by atoms with Crippen LogP contribution in [0.4, 0.5) is 0 Å². The van der Waals surface area contributed by atoms with E-state index in [1.807, 2.05) is 32.1 Å². The van der Waals surface area contributed by atoms with Crippen molar-refractivity contribution in [2.75, 3.05) is 0 Å². The molecule has 1 amide bonds. The molecule has 2 heterocycles. The van der Waals surface area contributed by atoms with Gasteiger partial charge in [0.1, 0.15) is 12.2 Å². The molecule has 0 unspecified atom stereocenters. The van der Waals surface area contributed by atoms with Gasteiger partial charge in [0.15, 0.2) is 0 Å². The van der Waals surface area contributed by atoms with E-state index in [9.17, 15) is 25.2 Å². The summed E-state index contributed by atoms with van der Waals surface area (Å²) in [7, 11) is 0. The Morgan fingerprint density at radius 3 is 2.29 bits per heavy atom. The SMILES string of the molecule is CC1=CC=C[C@@H]2O[C@@H](C[C@H]2O)[C@H](O)[C@H](O)[C@@H](C)C=CC=CC=CC(=O)N[C@@H](C)C[C@@H](O)C=CC=C1. The Balaban J connectivity index is 2.16. The number of nitrogens with one attached hydrogen (secondary N) is 1. The van der Waals surface area contributed by atoms with Crippen molar-refractivity contribution < 1.29 is 30.0 Å². The third-order valence-electron chi connectivity index (χ3n) is 5.90. The number of carbonyl (C=O) groups is 1. The molecule has 0 saturated carbocycles. The van der Waals surface area contributed by atoms with Crippen molar-refractivity contribution in [1.82, 2.24) is 5.32 Å². The van der Waals surface area contributed by atoms with Crippen molar-refractivity contribution in [3.8, 4) is 0 Å². The zero-order chi connectivity index (χ0) is 25.8. The molecule has 5 N–H and O–H groups in total. The van der Waals surface area contributed by atoms with E-state index < -0.39 is 36.6 Å². The summed E-state index contributed by atoms with van der Waals surface area (Å²) < 4.78 is 5.80. The van der Waals surface area contributed by atoms with Crippen LogP contribution in [0.25, 0.3) is 0 Å². The minimum atomic E-state index is -1.14. The second-order valence-corrected chi connectivity index (χ2v) is 9.16. The molecule has 2 bridgehead atoms. The molecule has 7 nitrogen and oxygen atoms in total. The van der Waals surface area contributed by atoms with Crippen LogP contribution in [0.15, 0.2) is 84.6 Å². The topological polar surface area (TPSA) is 119 Å². The first-order valence-corrected chi connectivity index (χ1v) is 12.1. The summed E-state index contributed by atoms with van der Waals surface area (Å²) in [6.07, 6.45) is 18.1. The highest BCUT2D eigenvalue weighted by Gasteiger charge is 2.39. The summed E-state index contributed by atoms with van der Waals surface area (Å²) in [6, 6.07) is -0.206. The van der Waals surface area contributed by atoms with E-state index in [2.05, 4.69) is 5.32 Å². The minimum Gasteiger partial charge on any atom is -0.390 e. The first-order valence-electron chi connectivity index (χ1n) is 12.1. The van der Waals surface area contributed by atoms with Crippen LogP contribution in [-0.4, -0.2) is 69.0 Å². The molecular weight excluding hydrogens is 446 g/mol. The Bertz CT molecular complexity index is 884. The largest absolute Gasteiger partial charge is 0.390 e. The normalized spacial score (nSPS) is 35.9. The predicted octanol–water partition coefficient (Wildman–Crippen LogP) is 2.42. The van der Waals surface area contributed by atoms with Crippen LogP contribution in [0.2, 0.25) is 0 Å². The Kier molecular flexibility index (Phi) is 12.1. The smallest absolute Gasteiger partial charge is 0.244 e. The fourth-order valence-electron chi connectivity index (χ4n) is 3.83. The highest BCUT2D eigenvalue weighted by Crippen LogP contribution is 2.27. The summed E-state index contributed by atoms with van der Waals surface area (Å²) in [5, 5.41) is 44.4. The van der Waals surface area contributed by atoms with E-state index in [-0.39, 0.29) is 24.3 Å². The quantitative estimate of drug-likeness (QED) is 0.360. The van der Waals surface area contributed by atoms with Crippen LogP contribution in [0.5, 0.6) is 0 Å². The van der Waals surface area contributed by atoms with Gasteiger partial charge in [-0.05, 0) is 20.3 Å². The number of rotatable bonds is 0. The molecule has 1 fully saturated rings. The molecular formula is C28H39NO6. The van der Waals surface area contributed by atoms with Crippen molar-refractivity contribution in [3.63, 3.8) is 0 Å². The van der Waals surface area contributed by atoms with Gasteiger partial charge in [-0.15, -0.1) is 0 Å². The molecule has 0 aromatic carbocycles. The standard InChI is InChI=1S/C28H39NO6/c1-19-11-8-9-14-22(30)17-21(3)29-26(32)16-7-5-4-6-13-20(2)27(33)28(34)25-18-23(31)24(35-25)15-10-12-19/h4-16,20-25,27-28,30-31,33-34H,17-18H2,1-3H3,(H,29,32)/t20-,21-,22-,23+,24-,25-,27+,28-/m0/s1. The lowest BCUT2D eigenvalue weighted by molar-refractivity contribution is -0.117. The monoisotopic (exact) mass is 485 g/mol. The number of amides is 1. The van der Waals surface area contributed by atoms with Gasteiger partial charge in [0.25, 0.3) is 0 Å². The number of hydrogen-bond donors (Lipinski definition) is 5. The molecule has 0 spiro atoms. The molecule has 0 aromatic heterocycles. The van der Waals surface area contributed by atoms with Gasteiger partial charge in [-0.25, -0.2) is 0 Å². The second-order valence-electron chi connectivity index (χ2n) is 9.16. The van der Waals surface area contributed by atoms with Crippen molar-refractivity contribution >= 4 is 5.91 Å². The number of fused-ring (bicyclic) bond motifs is 2. The average Bonchev–Trinajstić information content (AvgIpc) is 3.17. The van der Waals surface area contributed by atoms with E-state index in [0.717, 1.165) is 5.57 Å². The van der Waals surface area contributed by atoms with Gasteiger partial charge in [-0.2, -0.15) is 0 Å². The molecule has 7 heteroatoms. The summed E-state index contributed by atoms with van der Waals surface area (Å²) in [5.41, 5.74) is 0.951. The van der Waals surface area contributed by atoms with E-state index >= 15 is 0 Å². The lowest BCUT2D eigenvalue weighted by atomic mass is 9.94. The fourth-order valence-corrected chi connectivity index (χ4v) is 3.83. The van der Waals surface area contributed by atoms with Crippen molar-refractivity contribution in [3.05, 3.63) is 84.6 Å². The summed E-state index contributed by atoms with van der Waals surface area (Å²) in [6.45, 7) is 5.53. The molecule has 35 heavy (non-hydrogen) atoms. The fraction of sp³-hybridized carbons (Fsp3) is 0.464. The molecule has 1 saturated heterocycles. The van der Waals surface area contributed by atoms with Gasteiger partial charge >= 0.3 is 0 Å². The number of carbonyl (C=O) groups excluding carboxylic acids is 1. The molecule has 0 radical (unpaired) electrons. The molecule has 0 aliphatic carbocycles. The van der Waals surface area contributed by atoms with E-state index in [0.29, 0.717) is 6.42 Å². The van der Waals surface area contributed by atoms with Crippen molar-refractivity contribution in [2.24, 2.45) is 5.92 Å². The second kappa shape index (κ2) is 14.8. The highest BCUT2D eigenvalue weighted by molar-refractivity contribution is 5.87. The maximum Gasteiger partial charge on any atom is 0.244 e. The van der Waals surface area contributed by atoms with Crippen molar-refractivity contribution in [2.45, 2.75) is 76.3 Å². The number of allylic oxidation sites excluding steroid dienone is 10. The lowest BCUT2D eigenvalue weighted by Crippen LogP contribution is -2.40. The Morgan fingerprint density at radius 1 is 0.829 bits per heavy atom. The number of aliphatic hydroxyl groups excluding tert-OH is 4. The van der Waals surface area contributed by atoms with Gasteiger partial charge in [0, 0.05) is 24.5 Å². The average molecular weight is 486 g/mol. The van der Waals surface area contributed by atoms with Crippen LogP contribution >= 0.6 is 0 Å². The third kappa shape index (κ3) is 10.3. The highest BCUT2D eigenvalue weighted by atomic mass is 16.5. The Morgan fingerprint density at radius 2 is 1.51 bits per heavy atom. The minimum absolute atomic E-state index is 0.206. The van der Waals surface area contributed by atoms with Crippen LogP contribution < -0.4 is 5.32 Å². The molecule has 2 rings (SSSR count). The molecule has 2 aliphatic heterocycles. The van der Waals surface area contributed by atoms with E-state index in [4.69, 9.17) is 4.74 Å². The van der Waals surface area contributed by atoms with Gasteiger partial charge in [-0.3, -0.25) is 4.79 Å². The van der Waals surface area contributed by atoms with Crippen LogP contribution in [0.3, 0.4) is 0 Å². The number of aliphatic hydroxyl groups is 4. The molecule has 2 aliphatic rings. The summed E-state index contributed by atoms with van der Waals surface area (Å²) >= 11 is 0. The van der Waals surface area contributed by atoms with Crippen LogP contribution in [0, 0.1) is 5.92 Å².